The fourth-order valence-electron chi connectivity index (χ4n) is 3.94. The highest BCUT2D eigenvalue weighted by molar-refractivity contribution is 7.07. The van der Waals surface area contributed by atoms with Gasteiger partial charge in [0, 0.05) is 38.6 Å². The van der Waals surface area contributed by atoms with Gasteiger partial charge in [-0.3, -0.25) is 19.1 Å². The predicted octanol–water partition coefficient (Wildman–Crippen LogP) is 0.357. The van der Waals surface area contributed by atoms with Gasteiger partial charge in [-0.15, -0.1) is 11.3 Å². The van der Waals surface area contributed by atoms with Crippen LogP contribution in [-0.2, 0) is 16.6 Å². The Kier molecular flexibility index (Phi) is 4.22. The molecule has 0 radical (unpaired) electrons. The number of carbonyl (C=O) groups excluding carboxylic acids is 3. The van der Waals surface area contributed by atoms with Gasteiger partial charge in [-0.05, 0) is 6.42 Å². The van der Waals surface area contributed by atoms with Crippen molar-refractivity contribution in [2.75, 3.05) is 31.1 Å². The average Bonchev–Trinajstić information content (AvgIpc) is 3.37. The standard InChI is InChI=1S/C17H20N6O3S/c1-12(24)23-7-15(25)22(13-5-19-20(2)6-13)10-17(23)3-4-21(9-17)16(26)14-8-27-11-18-14/h5-6,8,11H,3-4,7,9-10H2,1-2H3/t17-/m1/s1. The number of rotatable bonds is 2. The maximum absolute atomic E-state index is 12.7. The largest absolute Gasteiger partial charge is 0.335 e. The van der Waals surface area contributed by atoms with Crippen LogP contribution < -0.4 is 4.90 Å². The molecule has 4 heterocycles. The lowest BCUT2D eigenvalue weighted by Gasteiger charge is -2.47. The van der Waals surface area contributed by atoms with Gasteiger partial charge in [-0.25, -0.2) is 4.98 Å². The van der Waals surface area contributed by atoms with Gasteiger partial charge in [0.15, 0.2) is 0 Å². The predicted molar refractivity (Wildman–Crippen MR) is 98.3 cm³/mol. The molecule has 2 saturated heterocycles. The molecule has 3 amide bonds. The second-order valence-electron chi connectivity index (χ2n) is 7.03. The normalized spacial score (nSPS) is 22.7. The van der Waals surface area contributed by atoms with Gasteiger partial charge in [0.05, 0.1) is 29.5 Å². The number of nitrogens with zero attached hydrogens (tertiary/aromatic N) is 6. The molecule has 2 aromatic heterocycles. The van der Waals surface area contributed by atoms with Crippen molar-refractivity contribution < 1.29 is 14.4 Å². The Hall–Kier alpha value is -2.75. The Balaban J connectivity index is 1.62. The fourth-order valence-corrected chi connectivity index (χ4v) is 4.47. The Morgan fingerprint density at radius 2 is 2.11 bits per heavy atom. The number of amides is 3. The van der Waals surface area contributed by atoms with Crippen molar-refractivity contribution in [1.82, 2.24) is 24.6 Å². The van der Waals surface area contributed by atoms with E-state index in [-0.39, 0.29) is 24.3 Å². The number of likely N-dealkylation sites (tertiary alicyclic amines) is 1. The summed E-state index contributed by atoms with van der Waals surface area (Å²) in [6, 6.07) is 0. The minimum Gasteiger partial charge on any atom is -0.335 e. The topological polar surface area (TPSA) is 91.6 Å². The van der Waals surface area contributed by atoms with E-state index < -0.39 is 5.54 Å². The third kappa shape index (κ3) is 2.99. The minimum atomic E-state index is -0.596. The number of carbonyl (C=O) groups is 3. The van der Waals surface area contributed by atoms with Crippen LogP contribution in [0.4, 0.5) is 5.69 Å². The molecule has 0 bridgehead atoms. The monoisotopic (exact) mass is 388 g/mol. The number of thiazole rings is 1. The first-order valence-electron chi connectivity index (χ1n) is 8.64. The number of anilines is 1. The summed E-state index contributed by atoms with van der Waals surface area (Å²) in [4.78, 5) is 46.8. The van der Waals surface area contributed by atoms with Gasteiger partial charge < -0.3 is 14.7 Å². The summed E-state index contributed by atoms with van der Waals surface area (Å²) >= 11 is 1.37. The summed E-state index contributed by atoms with van der Waals surface area (Å²) in [5.41, 5.74) is 2.16. The zero-order valence-electron chi connectivity index (χ0n) is 15.2. The molecule has 0 N–H and O–H groups in total. The van der Waals surface area contributed by atoms with Crippen LogP contribution in [0.15, 0.2) is 23.3 Å². The highest BCUT2D eigenvalue weighted by Crippen LogP contribution is 2.35. The number of aryl methyl sites for hydroxylation is 1. The van der Waals surface area contributed by atoms with Crippen molar-refractivity contribution in [2.24, 2.45) is 7.05 Å². The molecule has 142 valence electrons. The molecule has 2 aromatic rings. The van der Waals surface area contributed by atoms with E-state index in [2.05, 4.69) is 10.1 Å². The molecule has 10 heteroatoms. The van der Waals surface area contributed by atoms with E-state index in [9.17, 15) is 14.4 Å². The third-order valence-corrected chi connectivity index (χ3v) is 5.86. The molecule has 2 aliphatic rings. The van der Waals surface area contributed by atoms with Crippen molar-refractivity contribution in [3.05, 3.63) is 29.0 Å². The molecule has 0 unspecified atom stereocenters. The maximum atomic E-state index is 12.7. The quantitative estimate of drug-likeness (QED) is 0.741. The molecule has 9 nitrogen and oxygen atoms in total. The SMILES string of the molecule is CC(=O)N1CC(=O)N(c2cnn(C)c2)C[C@]12CCN(C(=O)c1cscn1)C2. The lowest BCUT2D eigenvalue weighted by Crippen LogP contribution is -2.67. The fraction of sp³-hybridized carbons (Fsp3) is 0.471. The number of aromatic nitrogens is 3. The van der Waals surface area contributed by atoms with Crippen molar-refractivity contribution in [3.63, 3.8) is 0 Å². The first-order valence-corrected chi connectivity index (χ1v) is 9.59. The van der Waals surface area contributed by atoms with Crippen LogP contribution in [0.3, 0.4) is 0 Å². The summed E-state index contributed by atoms with van der Waals surface area (Å²) in [5, 5.41) is 5.87. The summed E-state index contributed by atoms with van der Waals surface area (Å²) < 4.78 is 1.64. The summed E-state index contributed by atoms with van der Waals surface area (Å²) in [6.45, 7) is 2.72. The second-order valence-corrected chi connectivity index (χ2v) is 7.75. The lowest BCUT2D eigenvalue weighted by atomic mass is 9.92. The van der Waals surface area contributed by atoms with Gasteiger partial charge in [0.25, 0.3) is 5.91 Å². The number of hydrogen-bond donors (Lipinski definition) is 0. The van der Waals surface area contributed by atoms with E-state index in [0.717, 1.165) is 0 Å². The van der Waals surface area contributed by atoms with Crippen LogP contribution in [0.2, 0.25) is 0 Å². The minimum absolute atomic E-state index is 0.00294. The molecular weight excluding hydrogens is 368 g/mol. The average molecular weight is 388 g/mol. The molecule has 0 aliphatic carbocycles. The van der Waals surface area contributed by atoms with Crippen molar-refractivity contribution >= 4 is 34.7 Å². The molecule has 4 rings (SSSR count). The third-order valence-electron chi connectivity index (χ3n) is 5.27. The first-order chi connectivity index (χ1) is 12.9. The second kappa shape index (κ2) is 6.45. The smallest absolute Gasteiger partial charge is 0.273 e. The van der Waals surface area contributed by atoms with Crippen LogP contribution in [-0.4, -0.2) is 74.0 Å². The highest BCUT2D eigenvalue weighted by atomic mass is 32.1. The Labute approximate surface area is 160 Å². The van der Waals surface area contributed by atoms with Crippen molar-refractivity contribution in [2.45, 2.75) is 18.9 Å². The van der Waals surface area contributed by atoms with Gasteiger partial charge in [-0.1, -0.05) is 0 Å². The molecular formula is C17H20N6O3S. The highest BCUT2D eigenvalue weighted by Gasteiger charge is 2.51. The Morgan fingerprint density at radius 1 is 1.30 bits per heavy atom. The molecule has 2 fully saturated rings. The molecule has 1 atom stereocenters. The van der Waals surface area contributed by atoms with Crippen molar-refractivity contribution in [1.29, 1.82) is 0 Å². The van der Waals surface area contributed by atoms with E-state index in [4.69, 9.17) is 0 Å². The molecule has 0 aromatic carbocycles. The molecule has 27 heavy (non-hydrogen) atoms. The zero-order chi connectivity index (χ0) is 19.2. The van der Waals surface area contributed by atoms with Crippen LogP contribution >= 0.6 is 11.3 Å². The Morgan fingerprint density at radius 3 is 2.74 bits per heavy atom. The summed E-state index contributed by atoms with van der Waals surface area (Å²) in [7, 11) is 1.79. The number of hydrogen-bond acceptors (Lipinski definition) is 6. The number of piperazine rings is 1. The van der Waals surface area contributed by atoms with Crippen LogP contribution in [0.5, 0.6) is 0 Å². The van der Waals surface area contributed by atoms with Gasteiger partial charge in [-0.2, -0.15) is 5.10 Å². The van der Waals surface area contributed by atoms with Crippen LogP contribution in [0, 0.1) is 0 Å². The Bertz CT molecular complexity index is 894. The van der Waals surface area contributed by atoms with Crippen LogP contribution in [0.25, 0.3) is 0 Å². The molecule has 2 aliphatic heterocycles. The summed E-state index contributed by atoms with van der Waals surface area (Å²) in [5.74, 6) is -0.438. The maximum Gasteiger partial charge on any atom is 0.273 e. The van der Waals surface area contributed by atoms with Gasteiger partial charge >= 0.3 is 0 Å². The zero-order valence-corrected chi connectivity index (χ0v) is 16.0. The first kappa shape index (κ1) is 17.7. The summed E-state index contributed by atoms with van der Waals surface area (Å²) in [6.07, 6.45) is 4.04. The van der Waals surface area contributed by atoms with Crippen LogP contribution in [0.1, 0.15) is 23.8 Å². The molecule has 1 spiro atoms. The van der Waals surface area contributed by atoms with E-state index >= 15 is 0 Å². The van der Waals surface area contributed by atoms with E-state index in [0.29, 0.717) is 37.4 Å². The van der Waals surface area contributed by atoms with Gasteiger partial charge in [0.1, 0.15) is 12.2 Å². The van der Waals surface area contributed by atoms with E-state index in [1.807, 2.05) is 0 Å². The van der Waals surface area contributed by atoms with E-state index in [1.54, 1.807) is 49.7 Å². The molecule has 0 saturated carbocycles. The van der Waals surface area contributed by atoms with Gasteiger partial charge in [0.2, 0.25) is 11.8 Å². The lowest BCUT2D eigenvalue weighted by molar-refractivity contribution is -0.142. The van der Waals surface area contributed by atoms with E-state index in [1.165, 1.54) is 18.3 Å². The van der Waals surface area contributed by atoms with Crippen molar-refractivity contribution in [3.8, 4) is 0 Å².